The molecule has 0 atom stereocenters. The first-order chi connectivity index (χ1) is 6.99. The highest BCUT2D eigenvalue weighted by molar-refractivity contribution is 7.90. The van der Waals surface area contributed by atoms with Gasteiger partial charge in [0.15, 0.2) is 0 Å². The summed E-state index contributed by atoms with van der Waals surface area (Å²) in [6, 6.07) is 0. The number of hydrogen-bond donors (Lipinski definition) is 1. The number of rotatable bonds is 9. The van der Waals surface area contributed by atoms with E-state index in [0.717, 1.165) is 32.6 Å². The van der Waals surface area contributed by atoms with Gasteiger partial charge in [-0.15, -0.1) is 0 Å². The van der Waals surface area contributed by atoms with Gasteiger partial charge in [0, 0.05) is 25.9 Å². The maximum absolute atomic E-state index is 10.8. The van der Waals surface area contributed by atoms with Gasteiger partial charge in [0.1, 0.15) is 9.84 Å². The van der Waals surface area contributed by atoms with Gasteiger partial charge in [-0.3, -0.25) is 0 Å². The largest absolute Gasteiger partial charge is 0.314 e. The predicted molar refractivity (Wildman–Crippen MR) is 65.0 cm³/mol. The summed E-state index contributed by atoms with van der Waals surface area (Å²) in [5.41, 5.74) is 0. The Balaban J connectivity index is 3.44. The van der Waals surface area contributed by atoms with E-state index in [1.54, 1.807) is 0 Å². The molecule has 0 fully saturated rings. The van der Waals surface area contributed by atoms with E-state index in [1.807, 2.05) is 0 Å². The lowest BCUT2D eigenvalue weighted by Crippen LogP contribution is -2.34. The molecule has 92 valence electrons. The summed E-state index contributed by atoms with van der Waals surface area (Å²) in [7, 11) is -2.82. The summed E-state index contributed by atoms with van der Waals surface area (Å²) in [5, 5.41) is 3.14. The van der Waals surface area contributed by atoms with Crippen LogP contribution < -0.4 is 5.32 Å². The number of nitrogens with one attached hydrogen (secondary N) is 1. The molecule has 0 radical (unpaired) electrons. The van der Waals surface area contributed by atoms with Crippen LogP contribution in [0.4, 0.5) is 0 Å². The molecule has 0 aromatic carbocycles. The third-order valence-electron chi connectivity index (χ3n) is 2.24. The van der Waals surface area contributed by atoms with E-state index in [4.69, 9.17) is 0 Å². The van der Waals surface area contributed by atoms with Crippen LogP contribution in [0.15, 0.2) is 0 Å². The second-order valence-electron chi connectivity index (χ2n) is 3.81. The molecule has 0 aliphatic heterocycles. The molecule has 0 rings (SSSR count). The fourth-order valence-electron chi connectivity index (χ4n) is 1.36. The molecule has 0 aliphatic rings. The first kappa shape index (κ1) is 14.9. The molecule has 1 N–H and O–H groups in total. The lowest BCUT2D eigenvalue weighted by Gasteiger charge is -2.19. The molecule has 0 spiro atoms. The maximum atomic E-state index is 10.8. The summed E-state index contributed by atoms with van der Waals surface area (Å²) in [5.74, 6) is 0.229. The molecule has 0 aromatic rings. The van der Waals surface area contributed by atoms with E-state index in [9.17, 15) is 8.42 Å². The topological polar surface area (TPSA) is 49.4 Å². The summed E-state index contributed by atoms with van der Waals surface area (Å²) in [4.78, 5) is 2.35. The Hall–Kier alpha value is -0.130. The molecule has 0 saturated carbocycles. The van der Waals surface area contributed by atoms with Crippen LogP contribution >= 0.6 is 0 Å². The van der Waals surface area contributed by atoms with Gasteiger partial charge in [-0.05, 0) is 19.5 Å². The first-order valence-electron chi connectivity index (χ1n) is 5.60. The lowest BCUT2D eigenvalue weighted by molar-refractivity contribution is 0.289. The normalized spacial score (nSPS) is 12.3. The number of sulfone groups is 1. The van der Waals surface area contributed by atoms with E-state index in [1.165, 1.54) is 6.26 Å². The molecule has 15 heavy (non-hydrogen) atoms. The second kappa shape index (κ2) is 8.07. The quantitative estimate of drug-likeness (QED) is 0.587. The molecule has 0 aliphatic carbocycles. The SMILES string of the molecule is CCCN(CC)CCNCCS(C)(=O)=O. The van der Waals surface area contributed by atoms with E-state index in [0.29, 0.717) is 6.54 Å². The van der Waals surface area contributed by atoms with Crippen molar-refractivity contribution < 1.29 is 8.42 Å². The van der Waals surface area contributed by atoms with Crippen LogP contribution in [0.3, 0.4) is 0 Å². The van der Waals surface area contributed by atoms with Gasteiger partial charge in [-0.2, -0.15) is 0 Å². The Kier molecular flexibility index (Phi) is 8.00. The highest BCUT2D eigenvalue weighted by atomic mass is 32.2. The fourth-order valence-corrected chi connectivity index (χ4v) is 1.88. The standard InChI is InChI=1S/C10H24N2O2S/c1-4-8-12(5-2)9-6-11-7-10-15(3,13)14/h11H,4-10H2,1-3H3. The number of likely N-dealkylation sites (N-methyl/N-ethyl adjacent to an activating group) is 1. The zero-order valence-corrected chi connectivity index (χ0v) is 10.9. The van der Waals surface area contributed by atoms with Crippen LogP contribution in [0.25, 0.3) is 0 Å². The Morgan fingerprint density at radius 2 is 1.80 bits per heavy atom. The molecule has 0 amide bonds. The minimum Gasteiger partial charge on any atom is -0.314 e. The van der Waals surface area contributed by atoms with Crippen molar-refractivity contribution in [3.05, 3.63) is 0 Å². The molecular weight excluding hydrogens is 212 g/mol. The molecule has 0 heterocycles. The van der Waals surface area contributed by atoms with E-state index >= 15 is 0 Å². The van der Waals surface area contributed by atoms with Gasteiger partial charge < -0.3 is 10.2 Å². The maximum Gasteiger partial charge on any atom is 0.148 e. The van der Waals surface area contributed by atoms with Crippen molar-refractivity contribution in [1.29, 1.82) is 0 Å². The molecular formula is C10H24N2O2S. The van der Waals surface area contributed by atoms with Crippen LogP contribution in [-0.2, 0) is 9.84 Å². The van der Waals surface area contributed by atoms with Gasteiger partial charge in [0.05, 0.1) is 5.75 Å². The van der Waals surface area contributed by atoms with Crippen molar-refractivity contribution in [2.45, 2.75) is 20.3 Å². The summed E-state index contributed by atoms with van der Waals surface area (Å²) < 4.78 is 21.7. The van der Waals surface area contributed by atoms with Crippen molar-refractivity contribution in [2.75, 3.05) is 44.7 Å². The third-order valence-corrected chi connectivity index (χ3v) is 3.19. The Morgan fingerprint density at radius 3 is 2.27 bits per heavy atom. The van der Waals surface area contributed by atoms with Crippen molar-refractivity contribution in [3.8, 4) is 0 Å². The van der Waals surface area contributed by atoms with E-state index in [-0.39, 0.29) is 5.75 Å². The first-order valence-corrected chi connectivity index (χ1v) is 7.66. The van der Waals surface area contributed by atoms with Crippen LogP contribution in [-0.4, -0.2) is 58.1 Å². The van der Waals surface area contributed by atoms with Crippen molar-refractivity contribution in [2.24, 2.45) is 0 Å². The van der Waals surface area contributed by atoms with E-state index < -0.39 is 9.84 Å². The Morgan fingerprint density at radius 1 is 1.13 bits per heavy atom. The monoisotopic (exact) mass is 236 g/mol. The highest BCUT2D eigenvalue weighted by Gasteiger charge is 2.02. The average molecular weight is 236 g/mol. The van der Waals surface area contributed by atoms with Crippen molar-refractivity contribution in [1.82, 2.24) is 10.2 Å². The molecule has 0 aromatic heterocycles. The molecule has 4 nitrogen and oxygen atoms in total. The van der Waals surface area contributed by atoms with Gasteiger partial charge in [0.2, 0.25) is 0 Å². The zero-order valence-electron chi connectivity index (χ0n) is 10.1. The Bertz CT molecular complexity index is 240. The van der Waals surface area contributed by atoms with Gasteiger partial charge in [0.25, 0.3) is 0 Å². The summed E-state index contributed by atoms with van der Waals surface area (Å²) in [6.07, 6.45) is 2.43. The van der Waals surface area contributed by atoms with Gasteiger partial charge >= 0.3 is 0 Å². The molecule has 0 bridgehead atoms. The van der Waals surface area contributed by atoms with Crippen LogP contribution in [0, 0.1) is 0 Å². The van der Waals surface area contributed by atoms with E-state index in [2.05, 4.69) is 24.1 Å². The lowest BCUT2D eigenvalue weighted by atomic mass is 10.4. The smallest absolute Gasteiger partial charge is 0.148 e. The molecule has 5 heteroatoms. The summed E-state index contributed by atoms with van der Waals surface area (Å²) >= 11 is 0. The zero-order chi connectivity index (χ0) is 11.7. The minimum atomic E-state index is -2.82. The van der Waals surface area contributed by atoms with Crippen LogP contribution in [0.2, 0.25) is 0 Å². The number of hydrogen-bond acceptors (Lipinski definition) is 4. The molecule has 0 saturated heterocycles. The van der Waals surface area contributed by atoms with Crippen LogP contribution in [0.5, 0.6) is 0 Å². The number of nitrogens with zero attached hydrogens (tertiary/aromatic N) is 1. The minimum absolute atomic E-state index is 0.229. The molecule has 0 unspecified atom stereocenters. The van der Waals surface area contributed by atoms with Crippen LogP contribution in [0.1, 0.15) is 20.3 Å². The predicted octanol–water partition coefficient (Wildman–Crippen LogP) is 0.353. The van der Waals surface area contributed by atoms with Gasteiger partial charge in [-0.25, -0.2) is 8.42 Å². The van der Waals surface area contributed by atoms with Crippen molar-refractivity contribution in [3.63, 3.8) is 0 Å². The fraction of sp³-hybridized carbons (Fsp3) is 1.00. The highest BCUT2D eigenvalue weighted by Crippen LogP contribution is 1.89. The Labute approximate surface area is 94.0 Å². The van der Waals surface area contributed by atoms with Gasteiger partial charge in [-0.1, -0.05) is 13.8 Å². The average Bonchev–Trinajstić information content (AvgIpc) is 2.14. The van der Waals surface area contributed by atoms with Crippen molar-refractivity contribution >= 4 is 9.84 Å². The summed E-state index contributed by atoms with van der Waals surface area (Å²) in [6.45, 7) is 8.90. The third kappa shape index (κ3) is 10.2. The second-order valence-corrected chi connectivity index (χ2v) is 6.07.